The molecule has 0 aliphatic heterocycles. The van der Waals surface area contributed by atoms with Gasteiger partial charge in [-0.1, -0.05) is 20.8 Å². The second-order valence-corrected chi connectivity index (χ2v) is 5.23. The summed E-state index contributed by atoms with van der Waals surface area (Å²) in [4.78, 5) is 0. The van der Waals surface area contributed by atoms with Crippen LogP contribution in [-0.2, 0) is 0 Å². The summed E-state index contributed by atoms with van der Waals surface area (Å²) >= 11 is 0. The van der Waals surface area contributed by atoms with Crippen molar-refractivity contribution in [2.45, 2.75) is 33.6 Å². The molecule has 0 radical (unpaired) electrons. The van der Waals surface area contributed by atoms with E-state index in [-0.39, 0.29) is 0 Å². The number of hydrogen-bond acceptors (Lipinski definition) is 0. The normalized spacial score (nSPS) is 49.2. The lowest BCUT2D eigenvalue weighted by Crippen LogP contribution is -2.54. The first-order chi connectivity index (χ1) is 5.57. The predicted octanol–water partition coefficient (Wildman–Crippen LogP) is 2.94. The van der Waals surface area contributed by atoms with Gasteiger partial charge in [0.15, 0.2) is 0 Å². The lowest BCUT2D eigenvalue weighted by molar-refractivity contribution is -0.116. The maximum absolute atomic E-state index is 5.52. The standard InChI is InChI=1S/C12H18/c1-5-9-6-10-7-11(8(9)2)12(10,3)4/h1,8-11H,6-7H2,2-4H3/t8-,9+,10+,11+/m1/s1. The Morgan fingerprint density at radius 2 is 2.00 bits per heavy atom. The van der Waals surface area contributed by atoms with Gasteiger partial charge in [0.05, 0.1) is 0 Å². The van der Waals surface area contributed by atoms with Crippen LogP contribution in [-0.4, -0.2) is 0 Å². The monoisotopic (exact) mass is 162 g/mol. The van der Waals surface area contributed by atoms with Crippen LogP contribution in [0.3, 0.4) is 0 Å². The third kappa shape index (κ3) is 0.802. The molecule has 4 atom stereocenters. The maximum Gasteiger partial charge on any atom is 0.0231 e. The van der Waals surface area contributed by atoms with Crippen molar-refractivity contribution in [3.8, 4) is 12.3 Å². The fourth-order valence-electron chi connectivity index (χ4n) is 3.37. The smallest absolute Gasteiger partial charge is 0.0231 e. The summed E-state index contributed by atoms with van der Waals surface area (Å²) < 4.78 is 0. The van der Waals surface area contributed by atoms with Gasteiger partial charge < -0.3 is 0 Å². The summed E-state index contributed by atoms with van der Waals surface area (Å²) in [5, 5.41) is 0. The lowest BCUT2D eigenvalue weighted by atomic mass is 9.43. The summed E-state index contributed by atoms with van der Waals surface area (Å²) in [5.74, 6) is 6.10. The minimum Gasteiger partial charge on any atom is -0.120 e. The molecule has 0 heteroatoms. The second-order valence-electron chi connectivity index (χ2n) is 5.23. The zero-order valence-electron chi connectivity index (χ0n) is 8.30. The van der Waals surface area contributed by atoms with Crippen LogP contribution in [0, 0.1) is 41.4 Å². The van der Waals surface area contributed by atoms with Gasteiger partial charge in [0.25, 0.3) is 0 Å². The largest absolute Gasteiger partial charge is 0.120 e. The van der Waals surface area contributed by atoms with E-state index in [2.05, 4.69) is 26.7 Å². The van der Waals surface area contributed by atoms with E-state index in [1.165, 1.54) is 12.8 Å². The molecule has 0 amide bonds. The molecule has 3 saturated carbocycles. The molecule has 0 aromatic carbocycles. The van der Waals surface area contributed by atoms with E-state index in [0.29, 0.717) is 11.3 Å². The third-order valence-corrected chi connectivity index (χ3v) is 4.57. The summed E-state index contributed by atoms with van der Waals surface area (Å²) in [7, 11) is 0. The van der Waals surface area contributed by atoms with Gasteiger partial charge in [0.2, 0.25) is 0 Å². The van der Waals surface area contributed by atoms with E-state index in [4.69, 9.17) is 6.42 Å². The van der Waals surface area contributed by atoms with Crippen molar-refractivity contribution in [2.24, 2.45) is 29.1 Å². The molecule has 3 rings (SSSR count). The zero-order valence-corrected chi connectivity index (χ0v) is 8.30. The Bertz CT molecular complexity index is 231. The van der Waals surface area contributed by atoms with Gasteiger partial charge in [0.1, 0.15) is 0 Å². The number of terminal acetylenes is 1. The van der Waals surface area contributed by atoms with Gasteiger partial charge in [-0.25, -0.2) is 0 Å². The van der Waals surface area contributed by atoms with E-state index >= 15 is 0 Å². The van der Waals surface area contributed by atoms with E-state index in [1.807, 2.05) is 0 Å². The summed E-state index contributed by atoms with van der Waals surface area (Å²) in [6, 6.07) is 0. The summed E-state index contributed by atoms with van der Waals surface area (Å²) in [6.45, 7) is 7.16. The first-order valence-electron chi connectivity index (χ1n) is 5.03. The van der Waals surface area contributed by atoms with Gasteiger partial charge in [0, 0.05) is 5.92 Å². The highest BCUT2D eigenvalue weighted by atomic mass is 14.6. The SMILES string of the molecule is C#C[C@H]1C[C@H]2C[C@@H]([C@@H]1C)C2(C)C. The quantitative estimate of drug-likeness (QED) is 0.480. The minimum absolute atomic E-state index is 0.571. The zero-order chi connectivity index (χ0) is 8.93. The summed E-state index contributed by atoms with van der Waals surface area (Å²) in [5.41, 5.74) is 0.590. The molecule has 12 heavy (non-hydrogen) atoms. The Kier molecular flexibility index (Phi) is 1.55. The molecule has 0 spiro atoms. The number of rotatable bonds is 0. The van der Waals surface area contributed by atoms with Crippen molar-refractivity contribution < 1.29 is 0 Å². The van der Waals surface area contributed by atoms with Crippen LogP contribution in [0.4, 0.5) is 0 Å². The van der Waals surface area contributed by atoms with Crippen molar-refractivity contribution in [3.05, 3.63) is 0 Å². The molecular formula is C12H18. The average molecular weight is 162 g/mol. The Morgan fingerprint density at radius 3 is 2.42 bits per heavy atom. The van der Waals surface area contributed by atoms with Gasteiger partial charge >= 0.3 is 0 Å². The number of hydrogen-bond donors (Lipinski definition) is 0. The highest BCUT2D eigenvalue weighted by Gasteiger charge is 2.55. The molecule has 0 aromatic rings. The van der Waals surface area contributed by atoms with Crippen molar-refractivity contribution in [2.75, 3.05) is 0 Å². The fraction of sp³-hybridized carbons (Fsp3) is 0.833. The molecule has 3 aliphatic rings. The van der Waals surface area contributed by atoms with Crippen LogP contribution >= 0.6 is 0 Å². The van der Waals surface area contributed by atoms with Crippen molar-refractivity contribution in [3.63, 3.8) is 0 Å². The molecule has 0 aromatic heterocycles. The molecule has 0 nitrogen and oxygen atoms in total. The summed E-state index contributed by atoms with van der Waals surface area (Å²) in [6.07, 6.45) is 8.23. The van der Waals surface area contributed by atoms with Crippen LogP contribution < -0.4 is 0 Å². The molecule has 3 aliphatic carbocycles. The first-order valence-corrected chi connectivity index (χ1v) is 5.03. The second kappa shape index (κ2) is 2.28. The number of fused-ring (bicyclic) bond motifs is 2. The average Bonchev–Trinajstić information content (AvgIpc) is 2.03. The van der Waals surface area contributed by atoms with Crippen molar-refractivity contribution in [1.82, 2.24) is 0 Å². The highest BCUT2D eigenvalue weighted by Crippen LogP contribution is 2.62. The Balaban J connectivity index is 2.18. The van der Waals surface area contributed by atoms with Gasteiger partial charge in [-0.3, -0.25) is 0 Å². The lowest BCUT2D eigenvalue weighted by Gasteiger charge is -2.61. The third-order valence-electron chi connectivity index (χ3n) is 4.57. The maximum atomic E-state index is 5.52. The van der Waals surface area contributed by atoms with Gasteiger partial charge in [-0.2, -0.15) is 0 Å². The van der Waals surface area contributed by atoms with Crippen LogP contribution in [0.1, 0.15) is 33.6 Å². The Morgan fingerprint density at radius 1 is 1.33 bits per heavy atom. The molecule has 0 N–H and O–H groups in total. The Hall–Kier alpha value is -0.440. The molecule has 2 bridgehead atoms. The van der Waals surface area contributed by atoms with E-state index in [0.717, 1.165) is 17.8 Å². The molecule has 66 valence electrons. The first kappa shape index (κ1) is 8.17. The molecule has 0 unspecified atom stereocenters. The Labute approximate surface area is 75.7 Å². The van der Waals surface area contributed by atoms with Crippen molar-refractivity contribution >= 4 is 0 Å². The molecule has 3 fully saturated rings. The molecular weight excluding hydrogens is 144 g/mol. The molecule has 0 heterocycles. The topological polar surface area (TPSA) is 0 Å². The minimum atomic E-state index is 0.571. The van der Waals surface area contributed by atoms with E-state index < -0.39 is 0 Å². The predicted molar refractivity (Wildman–Crippen MR) is 51.5 cm³/mol. The van der Waals surface area contributed by atoms with Crippen LogP contribution in [0.25, 0.3) is 0 Å². The van der Waals surface area contributed by atoms with Crippen LogP contribution in [0.15, 0.2) is 0 Å². The van der Waals surface area contributed by atoms with Crippen LogP contribution in [0.5, 0.6) is 0 Å². The van der Waals surface area contributed by atoms with E-state index in [1.54, 1.807) is 0 Å². The van der Waals surface area contributed by atoms with Gasteiger partial charge in [-0.05, 0) is 36.0 Å². The van der Waals surface area contributed by atoms with Gasteiger partial charge in [-0.15, -0.1) is 12.3 Å². The fourth-order valence-corrected chi connectivity index (χ4v) is 3.37. The highest BCUT2D eigenvalue weighted by molar-refractivity contribution is 5.11. The van der Waals surface area contributed by atoms with Crippen LogP contribution in [0.2, 0.25) is 0 Å². The van der Waals surface area contributed by atoms with Crippen molar-refractivity contribution in [1.29, 1.82) is 0 Å². The van der Waals surface area contributed by atoms with E-state index in [9.17, 15) is 0 Å². The molecule has 0 saturated heterocycles.